The van der Waals surface area contributed by atoms with Gasteiger partial charge in [0.15, 0.2) is 0 Å². The summed E-state index contributed by atoms with van der Waals surface area (Å²) < 4.78 is 5.43. The lowest BCUT2D eigenvalue weighted by atomic mass is 10.2. The number of benzene rings is 1. The highest BCUT2D eigenvalue weighted by molar-refractivity contribution is 7.13. The predicted octanol–water partition coefficient (Wildman–Crippen LogP) is 4.28. The Morgan fingerprint density at radius 1 is 1.12 bits per heavy atom. The number of nitrogens with zero attached hydrogens (tertiary/aromatic N) is 2. The van der Waals surface area contributed by atoms with E-state index in [-0.39, 0.29) is 5.91 Å². The first-order chi connectivity index (χ1) is 12.8. The molecule has 3 aromatic heterocycles. The van der Waals surface area contributed by atoms with Crippen molar-refractivity contribution in [2.45, 2.75) is 6.54 Å². The summed E-state index contributed by atoms with van der Waals surface area (Å²) in [5.41, 5.74) is 2.32. The monoisotopic (exact) mass is 361 g/mol. The zero-order valence-corrected chi connectivity index (χ0v) is 14.6. The van der Waals surface area contributed by atoms with Crippen molar-refractivity contribution < 1.29 is 9.21 Å². The maximum atomic E-state index is 12.0. The maximum absolute atomic E-state index is 12.0. The molecule has 0 aliphatic carbocycles. The van der Waals surface area contributed by atoms with E-state index < -0.39 is 0 Å². The van der Waals surface area contributed by atoms with Gasteiger partial charge >= 0.3 is 0 Å². The van der Waals surface area contributed by atoms with Crippen molar-refractivity contribution in [2.75, 3.05) is 0 Å². The van der Waals surface area contributed by atoms with Gasteiger partial charge in [-0.05, 0) is 29.7 Å². The molecule has 0 fully saturated rings. The molecule has 0 aliphatic heterocycles. The second-order valence-electron chi connectivity index (χ2n) is 5.60. The van der Waals surface area contributed by atoms with E-state index in [9.17, 15) is 4.79 Å². The molecule has 6 heteroatoms. The summed E-state index contributed by atoms with van der Waals surface area (Å²) >= 11 is 1.56. The number of pyridine rings is 1. The minimum atomic E-state index is -0.208. The molecule has 1 aromatic carbocycles. The molecule has 1 amide bonds. The van der Waals surface area contributed by atoms with Crippen LogP contribution in [0.5, 0.6) is 0 Å². The van der Waals surface area contributed by atoms with Crippen molar-refractivity contribution >= 4 is 34.2 Å². The Kier molecular flexibility index (Phi) is 4.57. The van der Waals surface area contributed by atoms with Crippen LogP contribution in [0.3, 0.4) is 0 Å². The molecule has 0 bridgehead atoms. The van der Waals surface area contributed by atoms with Crippen molar-refractivity contribution in [2.24, 2.45) is 0 Å². The minimum Gasteiger partial charge on any atom is -0.443 e. The van der Waals surface area contributed by atoms with E-state index in [2.05, 4.69) is 15.3 Å². The number of carbonyl (C=O) groups is 1. The minimum absolute atomic E-state index is 0.208. The molecular formula is C20H15N3O2S. The van der Waals surface area contributed by atoms with Gasteiger partial charge in [0, 0.05) is 11.5 Å². The zero-order valence-electron chi connectivity index (χ0n) is 13.8. The second kappa shape index (κ2) is 7.33. The fourth-order valence-corrected chi connectivity index (χ4v) is 3.13. The number of para-hydroxylation sites is 1. The third-order valence-corrected chi connectivity index (χ3v) is 4.61. The molecule has 4 aromatic rings. The van der Waals surface area contributed by atoms with E-state index in [0.29, 0.717) is 18.1 Å². The van der Waals surface area contributed by atoms with Gasteiger partial charge in [0.1, 0.15) is 6.26 Å². The van der Waals surface area contributed by atoms with Crippen LogP contribution >= 0.6 is 11.3 Å². The van der Waals surface area contributed by atoms with Gasteiger partial charge in [-0.2, -0.15) is 0 Å². The number of fused-ring (bicyclic) bond motifs is 1. The van der Waals surface area contributed by atoms with E-state index in [0.717, 1.165) is 21.5 Å². The van der Waals surface area contributed by atoms with E-state index in [1.54, 1.807) is 23.7 Å². The van der Waals surface area contributed by atoms with Gasteiger partial charge in [-0.1, -0.05) is 30.3 Å². The Morgan fingerprint density at radius 3 is 2.92 bits per heavy atom. The average molecular weight is 361 g/mol. The maximum Gasteiger partial charge on any atom is 0.244 e. The number of thiophene rings is 1. The number of hydrogen-bond donors (Lipinski definition) is 1. The molecular weight excluding hydrogens is 346 g/mol. The molecule has 0 radical (unpaired) electrons. The molecule has 1 N–H and O–H groups in total. The van der Waals surface area contributed by atoms with Crippen molar-refractivity contribution in [3.8, 4) is 10.8 Å². The lowest BCUT2D eigenvalue weighted by molar-refractivity contribution is -0.116. The summed E-state index contributed by atoms with van der Waals surface area (Å²) in [6, 6.07) is 15.6. The Labute approximate surface area is 154 Å². The highest BCUT2D eigenvalue weighted by Crippen LogP contribution is 2.23. The summed E-state index contributed by atoms with van der Waals surface area (Å²) in [5, 5.41) is 5.83. The smallest absolute Gasteiger partial charge is 0.244 e. The molecule has 0 unspecified atom stereocenters. The van der Waals surface area contributed by atoms with Gasteiger partial charge in [-0.25, -0.2) is 9.97 Å². The number of nitrogens with one attached hydrogen (secondary N) is 1. The van der Waals surface area contributed by atoms with Gasteiger partial charge in [-0.15, -0.1) is 11.3 Å². The average Bonchev–Trinajstić information content (AvgIpc) is 3.36. The molecule has 26 heavy (non-hydrogen) atoms. The van der Waals surface area contributed by atoms with Crippen LogP contribution in [0.15, 0.2) is 70.7 Å². The largest absolute Gasteiger partial charge is 0.443 e. The third kappa shape index (κ3) is 3.70. The highest BCUT2D eigenvalue weighted by atomic mass is 32.1. The molecule has 0 spiro atoms. The van der Waals surface area contributed by atoms with Crippen LogP contribution in [0, 0.1) is 0 Å². The van der Waals surface area contributed by atoms with Crippen LogP contribution in [0.4, 0.5) is 0 Å². The summed E-state index contributed by atoms with van der Waals surface area (Å²) in [4.78, 5) is 21.8. The van der Waals surface area contributed by atoms with Gasteiger partial charge in [0.05, 0.1) is 28.3 Å². The number of oxazole rings is 1. The van der Waals surface area contributed by atoms with Gasteiger partial charge in [0.25, 0.3) is 0 Å². The number of carbonyl (C=O) groups excluding carboxylic acids is 1. The molecule has 0 saturated carbocycles. The Balaban J connectivity index is 1.36. The molecule has 5 nitrogen and oxygen atoms in total. The van der Waals surface area contributed by atoms with Crippen molar-refractivity contribution in [3.63, 3.8) is 0 Å². The topological polar surface area (TPSA) is 68.0 Å². The third-order valence-electron chi connectivity index (χ3n) is 3.75. The van der Waals surface area contributed by atoms with E-state index >= 15 is 0 Å². The Morgan fingerprint density at radius 2 is 2.04 bits per heavy atom. The second-order valence-corrected chi connectivity index (χ2v) is 6.55. The molecule has 0 atom stereocenters. The predicted molar refractivity (Wildman–Crippen MR) is 102 cm³/mol. The number of rotatable bonds is 5. The number of amides is 1. The van der Waals surface area contributed by atoms with Crippen molar-refractivity contribution in [1.82, 2.24) is 15.3 Å². The van der Waals surface area contributed by atoms with Crippen molar-refractivity contribution in [1.29, 1.82) is 0 Å². The molecule has 0 aliphatic rings. The first-order valence-electron chi connectivity index (χ1n) is 8.08. The summed E-state index contributed by atoms with van der Waals surface area (Å²) in [6.45, 7) is 0.309. The SMILES string of the molecule is O=C(/C=C\c1ccc2ccccc2n1)NCc1coc(-c2cccs2)n1. The highest BCUT2D eigenvalue weighted by Gasteiger charge is 2.08. The first kappa shape index (κ1) is 16.2. The van der Waals surface area contributed by atoms with Crippen LogP contribution in [0.25, 0.3) is 27.7 Å². The Bertz CT molecular complexity index is 1070. The molecule has 0 saturated heterocycles. The van der Waals surface area contributed by atoms with Crippen LogP contribution in [0.2, 0.25) is 0 Å². The van der Waals surface area contributed by atoms with E-state index in [1.807, 2.05) is 53.9 Å². The molecule has 3 heterocycles. The van der Waals surface area contributed by atoms with Gasteiger partial charge in [-0.3, -0.25) is 4.79 Å². The fourth-order valence-electron chi connectivity index (χ4n) is 2.47. The quantitative estimate of drug-likeness (QED) is 0.539. The van der Waals surface area contributed by atoms with E-state index in [1.165, 1.54) is 6.08 Å². The van der Waals surface area contributed by atoms with Gasteiger partial charge < -0.3 is 9.73 Å². The standard InChI is InChI=1S/C20H15N3O2S/c24-19(10-9-15-8-7-14-4-1-2-5-17(14)22-15)21-12-16-13-25-20(23-16)18-6-3-11-26-18/h1-11,13H,12H2,(H,21,24)/b10-9-. The number of hydrogen-bond acceptors (Lipinski definition) is 5. The van der Waals surface area contributed by atoms with Crippen LogP contribution in [-0.2, 0) is 11.3 Å². The summed E-state index contributed by atoms with van der Waals surface area (Å²) in [6.07, 6.45) is 4.73. The van der Waals surface area contributed by atoms with Crippen LogP contribution < -0.4 is 5.32 Å². The van der Waals surface area contributed by atoms with Crippen molar-refractivity contribution in [3.05, 3.63) is 77.6 Å². The van der Waals surface area contributed by atoms with Gasteiger partial charge in [0.2, 0.25) is 11.8 Å². The lowest BCUT2D eigenvalue weighted by Crippen LogP contribution is -2.20. The fraction of sp³-hybridized carbons (Fsp3) is 0.0500. The van der Waals surface area contributed by atoms with E-state index in [4.69, 9.17) is 4.42 Å². The molecule has 4 rings (SSSR count). The summed E-state index contributed by atoms with van der Waals surface area (Å²) in [5.74, 6) is 0.362. The molecule has 128 valence electrons. The zero-order chi connectivity index (χ0) is 17.8. The lowest BCUT2D eigenvalue weighted by Gasteiger charge is -1.99. The van der Waals surface area contributed by atoms with Crippen LogP contribution in [-0.4, -0.2) is 15.9 Å². The Hall–Kier alpha value is -3.25. The number of aromatic nitrogens is 2. The van der Waals surface area contributed by atoms with Crippen LogP contribution in [0.1, 0.15) is 11.4 Å². The summed E-state index contributed by atoms with van der Waals surface area (Å²) in [7, 11) is 0. The first-order valence-corrected chi connectivity index (χ1v) is 8.96. The normalized spacial score (nSPS) is 11.2.